The van der Waals surface area contributed by atoms with Crippen molar-refractivity contribution in [3.63, 3.8) is 0 Å². The summed E-state index contributed by atoms with van der Waals surface area (Å²) in [5.74, 6) is -0.537. The molecular formula is C45H61NO8. The Bertz CT molecular complexity index is 1820. The van der Waals surface area contributed by atoms with E-state index in [4.69, 9.17) is 4.74 Å². The van der Waals surface area contributed by atoms with E-state index in [2.05, 4.69) is 59.9 Å². The number of aliphatic carboxylic acids is 1. The van der Waals surface area contributed by atoms with Crippen molar-refractivity contribution < 1.29 is 39.5 Å². The summed E-state index contributed by atoms with van der Waals surface area (Å²) in [5, 5.41) is 45.2. The number of amides is 1. The van der Waals surface area contributed by atoms with E-state index in [1.165, 1.54) is 24.6 Å². The maximum atomic E-state index is 12.8. The molecule has 0 heterocycles. The molecule has 9 heteroatoms. The zero-order valence-electron chi connectivity index (χ0n) is 33.4. The number of nitrogens with one attached hydrogen (secondary N) is 1. The Balaban J connectivity index is 0.000000212. The molecule has 2 aromatic rings. The first-order valence-electron chi connectivity index (χ1n) is 19.8. The summed E-state index contributed by atoms with van der Waals surface area (Å²) in [6.45, 7) is 17.8. The molecule has 9 nitrogen and oxygen atoms in total. The van der Waals surface area contributed by atoms with E-state index in [-0.39, 0.29) is 56.3 Å². The van der Waals surface area contributed by atoms with Crippen molar-refractivity contribution in [1.29, 1.82) is 0 Å². The Hall–Kier alpha value is -3.69. The highest BCUT2D eigenvalue weighted by molar-refractivity contribution is 5.94. The zero-order valence-corrected chi connectivity index (χ0v) is 33.4. The van der Waals surface area contributed by atoms with Gasteiger partial charge in [0.1, 0.15) is 22.5 Å². The summed E-state index contributed by atoms with van der Waals surface area (Å²) in [7, 11) is 0. The highest BCUT2D eigenvalue weighted by Gasteiger charge is 2.71. The predicted molar refractivity (Wildman–Crippen MR) is 208 cm³/mol. The number of aliphatic hydroxyl groups excluding tert-OH is 2. The number of carbonyl (C=O) groups excluding carboxylic acids is 2. The molecule has 9 atom stereocenters. The average Bonchev–Trinajstić information content (AvgIpc) is 3.08. The standard InChI is InChI=1S/C30H48O4.C15H13NO4/c1-25(2)14-15-30(24(33)34)19(16-25)18-8-9-21-27(5)12-11-22(31)26(3,4)20(27)10-13-28(21,6)29(18,7)17-23(30)32;1-10(17)16-11-6-8-12(9-7-11)20-15(19)13-4-2-3-5-14(13)18/h8,19-23,31-32H,9-17H2,1-7H3,(H,33,34);2-9,18H,1H3,(H,16,17). The van der Waals surface area contributed by atoms with E-state index in [1.54, 1.807) is 36.4 Å². The van der Waals surface area contributed by atoms with Gasteiger partial charge in [0.2, 0.25) is 5.91 Å². The minimum Gasteiger partial charge on any atom is -0.507 e. The molecule has 0 saturated heterocycles. The molecule has 0 aromatic heterocycles. The summed E-state index contributed by atoms with van der Waals surface area (Å²) < 4.78 is 5.13. The van der Waals surface area contributed by atoms with Crippen molar-refractivity contribution in [2.45, 2.75) is 125 Å². The fraction of sp³-hybridized carbons (Fsp3) is 0.622. The van der Waals surface area contributed by atoms with Crippen molar-refractivity contribution in [2.24, 2.45) is 50.2 Å². The van der Waals surface area contributed by atoms with Gasteiger partial charge in [0.05, 0.1) is 12.2 Å². The highest BCUT2D eigenvalue weighted by Crippen LogP contribution is 2.75. The Labute approximate surface area is 320 Å². The quantitative estimate of drug-likeness (QED) is 0.118. The third-order valence-electron chi connectivity index (χ3n) is 15.6. The molecule has 0 spiro atoms. The van der Waals surface area contributed by atoms with Gasteiger partial charge in [-0.15, -0.1) is 0 Å². The number of allylic oxidation sites excluding steroid dienone is 2. The van der Waals surface area contributed by atoms with Gasteiger partial charge in [-0.1, -0.05) is 72.2 Å². The predicted octanol–water partition coefficient (Wildman–Crippen LogP) is 8.77. The number of esters is 1. The topological polar surface area (TPSA) is 153 Å². The van der Waals surface area contributed by atoms with Gasteiger partial charge in [0.25, 0.3) is 0 Å². The number of hydrogen-bond acceptors (Lipinski definition) is 7. The van der Waals surface area contributed by atoms with E-state index < -0.39 is 23.5 Å². The molecule has 9 unspecified atom stereocenters. The van der Waals surface area contributed by atoms with Crippen molar-refractivity contribution in [1.82, 2.24) is 0 Å². The third-order valence-corrected chi connectivity index (χ3v) is 15.6. The molecule has 0 bridgehead atoms. The number of para-hydroxylation sites is 1. The number of ether oxygens (including phenoxy) is 1. The van der Waals surface area contributed by atoms with Crippen LogP contribution in [0, 0.1) is 50.2 Å². The molecule has 4 saturated carbocycles. The monoisotopic (exact) mass is 743 g/mol. The first-order chi connectivity index (χ1) is 25.1. The van der Waals surface area contributed by atoms with Crippen LogP contribution in [0.5, 0.6) is 11.5 Å². The van der Waals surface area contributed by atoms with Crippen LogP contribution < -0.4 is 10.1 Å². The maximum absolute atomic E-state index is 12.8. The number of carboxylic acids is 1. The molecule has 7 rings (SSSR count). The second-order valence-electron chi connectivity index (χ2n) is 19.3. The van der Waals surface area contributed by atoms with E-state index in [0.29, 0.717) is 36.1 Å². The number of carbonyl (C=O) groups is 3. The maximum Gasteiger partial charge on any atom is 0.347 e. The summed E-state index contributed by atoms with van der Waals surface area (Å²) in [4.78, 5) is 35.5. The molecule has 5 aliphatic carbocycles. The first kappa shape index (κ1) is 40.0. The number of aromatic hydroxyl groups is 1. The molecule has 0 aliphatic heterocycles. The molecule has 4 fully saturated rings. The van der Waals surface area contributed by atoms with Crippen LogP contribution in [0.1, 0.15) is 124 Å². The smallest absolute Gasteiger partial charge is 0.347 e. The molecule has 1 amide bonds. The number of phenols is 1. The lowest BCUT2D eigenvalue weighted by molar-refractivity contribution is -0.218. The van der Waals surface area contributed by atoms with Crippen molar-refractivity contribution in [2.75, 3.05) is 5.32 Å². The summed E-state index contributed by atoms with van der Waals surface area (Å²) in [6.07, 6.45) is 9.35. The molecular weight excluding hydrogens is 682 g/mol. The van der Waals surface area contributed by atoms with Gasteiger partial charge < -0.3 is 30.5 Å². The Kier molecular flexibility index (Phi) is 10.2. The van der Waals surface area contributed by atoms with Crippen LogP contribution in [0.15, 0.2) is 60.2 Å². The second kappa shape index (κ2) is 13.8. The van der Waals surface area contributed by atoms with Crippen molar-refractivity contribution in [3.05, 3.63) is 65.7 Å². The second-order valence-corrected chi connectivity index (χ2v) is 19.3. The van der Waals surface area contributed by atoms with Crippen LogP contribution in [0.3, 0.4) is 0 Å². The van der Waals surface area contributed by atoms with Gasteiger partial charge in [0.15, 0.2) is 0 Å². The van der Waals surface area contributed by atoms with Crippen LogP contribution >= 0.6 is 0 Å². The van der Waals surface area contributed by atoms with Crippen molar-refractivity contribution in [3.8, 4) is 11.5 Å². The molecule has 0 radical (unpaired) electrons. The minimum absolute atomic E-state index is 0.0218. The number of aliphatic hydroxyl groups is 2. The van der Waals surface area contributed by atoms with Crippen LogP contribution in [0.4, 0.5) is 5.69 Å². The fourth-order valence-corrected chi connectivity index (χ4v) is 12.3. The summed E-state index contributed by atoms with van der Waals surface area (Å²) in [5.41, 5.74) is 1.00. The van der Waals surface area contributed by atoms with Gasteiger partial charge in [0, 0.05) is 12.6 Å². The number of fused-ring (bicyclic) bond motifs is 7. The van der Waals surface area contributed by atoms with Crippen LogP contribution in [0.2, 0.25) is 0 Å². The van der Waals surface area contributed by atoms with Crippen LogP contribution in [0.25, 0.3) is 0 Å². The molecule has 54 heavy (non-hydrogen) atoms. The van der Waals surface area contributed by atoms with E-state index in [9.17, 15) is 34.8 Å². The number of hydrogen-bond donors (Lipinski definition) is 5. The third kappa shape index (κ3) is 6.37. The molecule has 2 aromatic carbocycles. The van der Waals surface area contributed by atoms with Crippen LogP contribution in [-0.4, -0.2) is 50.5 Å². The number of rotatable bonds is 4. The lowest BCUT2D eigenvalue weighted by atomic mass is 9.33. The van der Waals surface area contributed by atoms with Gasteiger partial charge in [-0.3, -0.25) is 9.59 Å². The number of carboxylic acid groups (broad SMARTS) is 1. The molecule has 294 valence electrons. The number of phenolic OH excluding ortho intramolecular Hbond substituents is 1. The lowest BCUT2D eigenvalue weighted by Gasteiger charge is -2.71. The van der Waals surface area contributed by atoms with E-state index in [1.807, 2.05) is 0 Å². The first-order valence-corrected chi connectivity index (χ1v) is 19.8. The fourth-order valence-electron chi connectivity index (χ4n) is 12.3. The number of benzene rings is 2. The Morgan fingerprint density at radius 1 is 0.796 bits per heavy atom. The molecule has 5 aliphatic rings. The van der Waals surface area contributed by atoms with Crippen LogP contribution in [-0.2, 0) is 9.59 Å². The minimum atomic E-state index is -1.04. The normalized spacial score (nSPS) is 37.3. The summed E-state index contributed by atoms with van der Waals surface area (Å²) in [6, 6.07) is 12.5. The van der Waals surface area contributed by atoms with Gasteiger partial charge >= 0.3 is 11.9 Å². The summed E-state index contributed by atoms with van der Waals surface area (Å²) >= 11 is 0. The SMILES string of the molecule is CC(=O)Nc1ccc(OC(=O)c2ccccc2O)cc1.CC1(C)CCC2(C(=O)O)C(O)CC3(C)C(=CCC4C5(C)CCC(O)C(C)(C)C5CCC43C)C2C1. The van der Waals surface area contributed by atoms with Gasteiger partial charge in [-0.05, 0) is 139 Å². The number of anilines is 1. The van der Waals surface area contributed by atoms with E-state index >= 15 is 0 Å². The highest BCUT2D eigenvalue weighted by atomic mass is 16.5. The Morgan fingerprint density at radius 2 is 1.46 bits per heavy atom. The van der Waals surface area contributed by atoms with E-state index in [0.717, 1.165) is 44.9 Å². The van der Waals surface area contributed by atoms with Gasteiger partial charge in [-0.2, -0.15) is 0 Å². The van der Waals surface area contributed by atoms with Crippen molar-refractivity contribution >= 4 is 23.5 Å². The largest absolute Gasteiger partial charge is 0.507 e. The zero-order chi connectivity index (χ0) is 39.6. The average molecular weight is 744 g/mol. The lowest BCUT2D eigenvalue weighted by Crippen LogP contribution is -2.67. The Morgan fingerprint density at radius 3 is 2.09 bits per heavy atom. The molecule has 5 N–H and O–H groups in total. The van der Waals surface area contributed by atoms with Gasteiger partial charge in [-0.25, -0.2) is 4.79 Å².